The summed E-state index contributed by atoms with van der Waals surface area (Å²) in [7, 11) is 1.57. The number of hydrogen-bond acceptors (Lipinski definition) is 3. The Bertz CT molecular complexity index is 600. The number of aromatic amines is 1. The first kappa shape index (κ1) is 16.3. The molecule has 0 saturated heterocycles. The first-order valence-corrected chi connectivity index (χ1v) is 7.88. The summed E-state index contributed by atoms with van der Waals surface area (Å²) in [5, 5.41) is 0.202. The fraction of sp³-hybridized carbons (Fsp3) is 0.733. The van der Waals surface area contributed by atoms with Crippen LogP contribution in [0.15, 0.2) is 9.59 Å². The summed E-state index contributed by atoms with van der Waals surface area (Å²) < 4.78 is 6.47. The molecule has 1 N–H and O–H groups in total. The third kappa shape index (κ3) is 3.24. The van der Waals surface area contributed by atoms with Crippen LogP contribution >= 0.6 is 11.6 Å². The molecule has 21 heavy (non-hydrogen) atoms. The van der Waals surface area contributed by atoms with E-state index in [0.29, 0.717) is 12.2 Å². The Hall–Kier alpha value is -1.07. The van der Waals surface area contributed by atoms with E-state index in [4.69, 9.17) is 16.3 Å². The SMILES string of the molecule is COCC(C(C)C)n1c(=O)[nH]c(Cl)c(C2CCCC2)c1=O. The first-order valence-electron chi connectivity index (χ1n) is 7.50. The van der Waals surface area contributed by atoms with E-state index in [9.17, 15) is 9.59 Å². The second-order valence-corrected chi connectivity index (χ2v) is 6.46. The van der Waals surface area contributed by atoms with E-state index in [1.165, 1.54) is 4.57 Å². The zero-order chi connectivity index (χ0) is 15.6. The van der Waals surface area contributed by atoms with E-state index in [1.54, 1.807) is 7.11 Å². The molecule has 1 saturated carbocycles. The van der Waals surface area contributed by atoms with Gasteiger partial charge in [-0.2, -0.15) is 0 Å². The Morgan fingerprint density at radius 2 is 1.95 bits per heavy atom. The van der Waals surface area contributed by atoms with Gasteiger partial charge in [-0.1, -0.05) is 38.3 Å². The van der Waals surface area contributed by atoms with Gasteiger partial charge in [0.05, 0.1) is 18.2 Å². The number of H-pyrrole nitrogens is 1. The van der Waals surface area contributed by atoms with Crippen molar-refractivity contribution >= 4 is 11.6 Å². The predicted octanol–water partition coefficient (Wildman–Crippen LogP) is 2.69. The lowest BCUT2D eigenvalue weighted by molar-refractivity contribution is 0.128. The minimum Gasteiger partial charge on any atom is -0.383 e. The van der Waals surface area contributed by atoms with Crippen LogP contribution in [0.4, 0.5) is 0 Å². The molecule has 1 aromatic rings. The third-order valence-corrected chi connectivity index (χ3v) is 4.62. The van der Waals surface area contributed by atoms with Crippen molar-refractivity contribution in [1.82, 2.24) is 9.55 Å². The fourth-order valence-electron chi connectivity index (χ4n) is 3.14. The predicted molar refractivity (Wildman–Crippen MR) is 83.3 cm³/mol. The van der Waals surface area contributed by atoms with Crippen LogP contribution < -0.4 is 11.2 Å². The fourth-order valence-corrected chi connectivity index (χ4v) is 3.46. The van der Waals surface area contributed by atoms with Gasteiger partial charge >= 0.3 is 5.69 Å². The number of nitrogens with one attached hydrogen (secondary N) is 1. The molecular weight excluding hydrogens is 292 g/mol. The van der Waals surface area contributed by atoms with Gasteiger partial charge < -0.3 is 4.74 Å². The van der Waals surface area contributed by atoms with Crippen molar-refractivity contribution in [3.8, 4) is 0 Å². The summed E-state index contributed by atoms with van der Waals surface area (Å²) in [5.41, 5.74) is -0.149. The Morgan fingerprint density at radius 3 is 2.48 bits per heavy atom. The van der Waals surface area contributed by atoms with Crippen molar-refractivity contribution in [2.75, 3.05) is 13.7 Å². The molecule has 1 heterocycles. The average Bonchev–Trinajstić information content (AvgIpc) is 2.90. The summed E-state index contributed by atoms with van der Waals surface area (Å²) in [6, 6.07) is -0.288. The number of ether oxygens (including phenoxy) is 1. The molecule has 0 aliphatic heterocycles. The van der Waals surface area contributed by atoms with Crippen molar-refractivity contribution < 1.29 is 4.74 Å². The second kappa shape index (κ2) is 6.79. The van der Waals surface area contributed by atoms with E-state index in [1.807, 2.05) is 13.8 Å². The Labute approximate surface area is 129 Å². The molecule has 1 aliphatic rings. The maximum absolute atomic E-state index is 12.8. The highest BCUT2D eigenvalue weighted by Gasteiger charge is 2.28. The highest BCUT2D eigenvalue weighted by molar-refractivity contribution is 6.30. The van der Waals surface area contributed by atoms with Gasteiger partial charge in [-0.05, 0) is 24.7 Å². The van der Waals surface area contributed by atoms with E-state index >= 15 is 0 Å². The van der Waals surface area contributed by atoms with Gasteiger partial charge in [0.15, 0.2) is 0 Å². The number of hydrogen-bond donors (Lipinski definition) is 1. The van der Waals surface area contributed by atoms with Crippen LogP contribution in [0, 0.1) is 5.92 Å². The van der Waals surface area contributed by atoms with Crippen molar-refractivity contribution in [2.24, 2.45) is 5.92 Å². The maximum atomic E-state index is 12.8. The number of methoxy groups -OCH3 is 1. The van der Waals surface area contributed by atoms with Crippen LogP contribution in [0.2, 0.25) is 5.15 Å². The Kier molecular flexibility index (Phi) is 5.27. The molecular formula is C15H23ClN2O3. The number of halogens is 1. The van der Waals surface area contributed by atoms with Gasteiger partial charge in [0.1, 0.15) is 5.15 Å². The van der Waals surface area contributed by atoms with Crippen molar-refractivity contribution in [2.45, 2.75) is 51.5 Å². The molecule has 0 spiro atoms. The molecule has 0 radical (unpaired) electrons. The van der Waals surface area contributed by atoms with Crippen molar-refractivity contribution in [3.63, 3.8) is 0 Å². The normalized spacial score (nSPS) is 17.6. The molecule has 1 fully saturated rings. The summed E-state index contributed by atoms with van der Waals surface area (Å²) >= 11 is 6.15. The first-order chi connectivity index (χ1) is 9.97. The van der Waals surface area contributed by atoms with Crippen LogP contribution in [-0.4, -0.2) is 23.3 Å². The van der Waals surface area contributed by atoms with Gasteiger partial charge in [-0.15, -0.1) is 0 Å². The molecule has 1 unspecified atom stereocenters. The topological polar surface area (TPSA) is 64.1 Å². The third-order valence-electron chi connectivity index (χ3n) is 4.32. The van der Waals surface area contributed by atoms with Gasteiger partial charge in [-0.25, -0.2) is 4.79 Å². The molecule has 118 valence electrons. The summed E-state index contributed by atoms with van der Waals surface area (Å²) in [4.78, 5) is 27.7. The molecule has 6 heteroatoms. The lowest BCUT2D eigenvalue weighted by Crippen LogP contribution is -2.43. The minimum absolute atomic E-state index is 0.112. The lowest BCUT2D eigenvalue weighted by atomic mass is 9.99. The molecule has 1 aromatic heterocycles. The maximum Gasteiger partial charge on any atom is 0.329 e. The Balaban J connectivity index is 2.58. The van der Waals surface area contributed by atoms with Crippen molar-refractivity contribution in [3.05, 3.63) is 31.6 Å². The minimum atomic E-state index is -0.456. The van der Waals surface area contributed by atoms with Crippen LogP contribution in [0.1, 0.15) is 57.1 Å². The highest BCUT2D eigenvalue weighted by Crippen LogP contribution is 2.34. The molecule has 5 nitrogen and oxygen atoms in total. The zero-order valence-corrected chi connectivity index (χ0v) is 13.6. The van der Waals surface area contributed by atoms with Crippen LogP contribution in [0.5, 0.6) is 0 Å². The summed E-state index contributed by atoms with van der Waals surface area (Å²) in [6.07, 6.45) is 4.12. The summed E-state index contributed by atoms with van der Waals surface area (Å²) in [6.45, 7) is 4.27. The van der Waals surface area contributed by atoms with Crippen molar-refractivity contribution in [1.29, 1.82) is 0 Å². The van der Waals surface area contributed by atoms with Gasteiger partial charge in [0.2, 0.25) is 0 Å². The second-order valence-electron chi connectivity index (χ2n) is 6.08. The van der Waals surface area contributed by atoms with E-state index < -0.39 is 5.69 Å². The molecule has 1 aliphatic carbocycles. The number of rotatable bonds is 5. The highest BCUT2D eigenvalue weighted by atomic mass is 35.5. The zero-order valence-electron chi connectivity index (χ0n) is 12.8. The molecule has 1 atom stereocenters. The van der Waals surface area contributed by atoms with Crippen LogP contribution in [-0.2, 0) is 4.74 Å². The largest absolute Gasteiger partial charge is 0.383 e. The van der Waals surface area contributed by atoms with Gasteiger partial charge in [-0.3, -0.25) is 14.3 Å². The van der Waals surface area contributed by atoms with Crippen LogP contribution in [0.25, 0.3) is 0 Å². The quantitative estimate of drug-likeness (QED) is 0.850. The molecule has 0 amide bonds. The molecule has 0 bridgehead atoms. The summed E-state index contributed by atoms with van der Waals surface area (Å²) in [5.74, 6) is 0.268. The van der Waals surface area contributed by atoms with Crippen LogP contribution in [0.3, 0.4) is 0 Å². The smallest absolute Gasteiger partial charge is 0.329 e. The van der Waals surface area contributed by atoms with Gasteiger partial charge in [0.25, 0.3) is 5.56 Å². The lowest BCUT2D eigenvalue weighted by Gasteiger charge is -2.23. The monoisotopic (exact) mass is 314 g/mol. The van der Waals surface area contributed by atoms with Gasteiger partial charge in [0, 0.05) is 7.11 Å². The molecule has 0 aromatic carbocycles. The number of nitrogens with zero attached hydrogens (tertiary/aromatic N) is 1. The van der Waals surface area contributed by atoms with E-state index in [2.05, 4.69) is 4.98 Å². The Morgan fingerprint density at radius 1 is 1.33 bits per heavy atom. The van der Waals surface area contributed by atoms with E-state index in [0.717, 1.165) is 25.7 Å². The molecule has 2 rings (SSSR count). The average molecular weight is 315 g/mol. The standard InChI is InChI=1S/C15H23ClN2O3/c1-9(2)11(8-21-3)18-14(19)12(10-6-4-5-7-10)13(16)17-15(18)20/h9-11H,4-8H2,1-3H3,(H,17,20). The number of aromatic nitrogens is 2. The van der Waals surface area contributed by atoms with E-state index in [-0.39, 0.29) is 28.6 Å².